The van der Waals surface area contributed by atoms with Gasteiger partial charge in [0.15, 0.2) is 10.9 Å². The molecule has 0 aliphatic carbocycles. The highest BCUT2D eigenvalue weighted by Gasteiger charge is 2.29. The summed E-state index contributed by atoms with van der Waals surface area (Å²) in [6, 6.07) is 3.19. The Morgan fingerprint density at radius 2 is 2.14 bits per heavy atom. The van der Waals surface area contributed by atoms with Crippen molar-refractivity contribution in [2.45, 2.75) is 40.0 Å². The normalized spacial score (nSPS) is 15.7. The van der Waals surface area contributed by atoms with Gasteiger partial charge in [-0.15, -0.1) is 11.3 Å². The van der Waals surface area contributed by atoms with Crippen LogP contribution in [0.5, 0.6) is 0 Å². The Kier molecular flexibility index (Phi) is 9.41. The molecular formula is C24H32N4O6S. The zero-order chi connectivity index (χ0) is 25.4. The Morgan fingerprint density at radius 3 is 2.83 bits per heavy atom. The van der Waals surface area contributed by atoms with Crippen molar-refractivity contribution in [1.29, 1.82) is 0 Å². The first-order valence-electron chi connectivity index (χ1n) is 11.8. The van der Waals surface area contributed by atoms with E-state index in [0.29, 0.717) is 43.5 Å². The second-order valence-corrected chi connectivity index (χ2v) is 9.71. The number of furan rings is 1. The molecule has 1 N–H and O–H groups in total. The molecule has 1 fully saturated rings. The van der Waals surface area contributed by atoms with E-state index in [1.54, 1.807) is 29.3 Å². The van der Waals surface area contributed by atoms with Crippen LogP contribution in [0, 0.1) is 11.8 Å². The van der Waals surface area contributed by atoms with Crippen molar-refractivity contribution >= 4 is 40.2 Å². The van der Waals surface area contributed by atoms with Gasteiger partial charge in [-0.3, -0.25) is 19.2 Å². The van der Waals surface area contributed by atoms with Crippen LogP contribution in [-0.4, -0.2) is 71.3 Å². The number of aromatic nitrogens is 1. The third-order valence-electron chi connectivity index (χ3n) is 5.46. The SMILES string of the molecule is CCOC(=O)C1CCCN(C(=O)Cc2csc(NC(=O)CN(CC(C)C)C(=O)c3ccco3)n2)C1. The van der Waals surface area contributed by atoms with E-state index in [-0.39, 0.29) is 54.3 Å². The molecule has 190 valence electrons. The number of thiazole rings is 1. The lowest BCUT2D eigenvalue weighted by molar-refractivity contribution is -0.151. The van der Waals surface area contributed by atoms with Gasteiger partial charge in [-0.2, -0.15) is 0 Å². The van der Waals surface area contributed by atoms with Crippen LogP contribution in [0.25, 0.3) is 0 Å². The Hall–Kier alpha value is -3.21. The molecule has 0 radical (unpaired) electrons. The fourth-order valence-electron chi connectivity index (χ4n) is 3.92. The van der Waals surface area contributed by atoms with E-state index in [1.807, 2.05) is 13.8 Å². The minimum Gasteiger partial charge on any atom is -0.466 e. The number of nitrogens with zero attached hydrogens (tertiary/aromatic N) is 3. The van der Waals surface area contributed by atoms with Gasteiger partial charge >= 0.3 is 5.97 Å². The highest BCUT2D eigenvalue weighted by Crippen LogP contribution is 2.21. The van der Waals surface area contributed by atoms with Crippen molar-refractivity contribution in [3.8, 4) is 0 Å². The van der Waals surface area contributed by atoms with Gasteiger partial charge in [0.25, 0.3) is 5.91 Å². The van der Waals surface area contributed by atoms with Crippen LogP contribution >= 0.6 is 11.3 Å². The quantitative estimate of drug-likeness (QED) is 0.494. The molecule has 10 nitrogen and oxygen atoms in total. The number of carbonyl (C=O) groups is 4. The van der Waals surface area contributed by atoms with Gasteiger partial charge in [-0.25, -0.2) is 4.98 Å². The van der Waals surface area contributed by atoms with Crippen molar-refractivity contribution in [2.24, 2.45) is 11.8 Å². The fourth-order valence-corrected chi connectivity index (χ4v) is 4.64. The molecule has 0 saturated carbocycles. The molecule has 0 bridgehead atoms. The summed E-state index contributed by atoms with van der Waals surface area (Å²) in [6.45, 7) is 7.20. The van der Waals surface area contributed by atoms with Crippen LogP contribution < -0.4 is 5.32 Å². The van der Waals surface area contributed by atoms with Crippen LogP contribution in [0.2, 0.25) is 0 Å². The van der Waals surface area contributed by atoms with E-state index < -0.39 is 0 Å². The second-order valence-electron chi connectivity index (χ2n) is 8.86. The molecule has 1 unspecified atom stereocenters. The molecule has 0 aromatic carbocycles. The molecule has 3 rings (SSSR count). The van der Waals surface area contributed by atoms with Gasteiger partial charge < -0.3 is 24.3 Å². The van der Waals surface area contributed by atoms with Crippen LogP contribution in [-0.2, 0) is 25.5 Å². The van der Waals surface area contributed by atoms with Crippen molar-refractivity contribution in [1.82, 2.24) is 14.8 Å². The molecule has 1 atom stereocenters. The minimum atomic E-state index is -0.383. The summed E-state index contributed by atoms with van der Waals surface area (Å²) in [4.78, 5) is 57.6. The first kappa shape index (κ1) is 26.4. The average Bonchev–Trinajstić information content (AvgIpc) is 3.50. The number of hydrogen-bond donors (Lipinski definition) is 1. The zero-order valence-corrected chi connectivity index (χ0v) is 21.1. The van der Waals surface area contributed by atoms with Crippen LogP contribution in [0.3, 0.4) is 0 Å². The predicted molar refractivity (Wildman–Crippen MR) is 130 cm³/mol. The summed E-state index contributed by atoms with van der Waals surface area (Å²) < 4.78 is 10.3. The lowest BCUT2D eigenvalue weighted by atomic mass is 9.98. The highest BCUT2D eigenvalue weighted by atomic mass is 32.1. The number of likely N-dealkylation sites (tertiary alicyclic amines) is 1. The second kappa shape index (κ2) is 12.5. The Bertz CT molecular complexity index is 1020. The van der Waals surface area contributed by atoms with Crippen molar-refractivity contribution < 1.29 is 28.3 Å². The first-order chi connectivity index (χ1) is 16.8. The first-order valence-corrected chi connectivity index (χ1v) is 12.7. The summed E-state index contributed by atoms with van der Waals surface area (Å²) in [5, 5.41) is 4.79. The molecular weight excluding hydrogens is 472 g/mol. The molecule has 2 aromatic rings. The van der Waals surface area contributed by atoms with Crippen LogP contribution in [0.4, 0.5) is 5.13 Å². The van der Waals surface area contributed by atoms with E-state index in [0.717, 1.165) is 6.42 Å². The van der Waals surface area contributed by atoms with E-state index in [9.17, 15) is 19.2 Å². The van der Waals surface area contributed by atoms with Gasteiger partial charge in [-0.05, 0) is 37.8 Å². The summed E-state index contributed by atoms with van der Waals surface area (Å²) >= 11 is 1.22. The topological polar surface area (TPSA) is 122 Å². The van der Waals surface area contributed by atoms with Crippen molar-refractivity contribution in [3.05, 3.63) is 35.2 Å². The molecule has 1 aliphatic heterocycles. The number of esters is 1. The number of piperidine rings is 1. The van der Waals surface area contributed by atoms with Crippen molar-refractivity contribution in [3.63, 3.8) is 0 Å². The maximum Gasteiger partial charge on any atom is 0.310 e. The van der Waals surface area contributed by atoms with Gasteiger partial charge in [0, 0.05) is 25.0 Å². The number of anilines is 1. The summed E-state index contributed by atoms with van der Waals surface area (Å²) in [5.74, 6) is -1.07. The van der Waals surface area contributed by atoms with Crippen molar-refractivity contribution in [2.75, 3.05) is 38.1 Å². The summed E-state index contributed by atoms with van der Waals surface area (Å²) in [7, 11) is 0. The lowest BCUT2D eigenvalue weighted by Gasteiger charge is -2.31. The number of carbonyl (C=O) groups excluding carboxylic acids is 4. The molecule has 0 spiro atoms. The monoisotopic (exact) mass is 504 g/mol. The molecule has 3 amide bonds. The van der Waals surface area contributed by atoms with E-state index in [4.69, 9.17) is 9.15 Å². The summed E-state index contributed by atoms with van der Waals surface area (Å²) in [5.41, 5.74) is 0.541. The van der Waals surface area contributed by atoms with Crippen LogP contribution in [0.1, 0.15) is 49.9 Å². The smallest absolute Gasteiger partial charge is 0.310 e. The average molecular weight is 505 g/mol. The standard InChI is InChI=1S/C24H32N4O6S/c1-4-33-23(32)17-7-5-9-27(13-17)21(30)11-18-15-35-24(25-18)26-20(29)14-28(12-16(2)3)22(31)19-8-6-10-34-19/h6,8,10,15-17H,4-5,7,9,11-14H2,1-3H3,(H,25,26,29). The maximum atomic E-state index is 12.8. The van der Waals surface area contributed by atoms with E-state index in [1.165, 1.54) is 22.5 Å². The third-order valence-corrected chi connectivity index (χ3v) is 6.27. The molecule has 11 heteroatoms. The molecule has 35 heavy (non-hydrogen) atoms. The Labute approximate surface area is 208 Å². The van der Waals surface area contributed by atoms with E-state index in [2.05, 4.69) is 10.3 Å². The molecule has 3 heterocycles. The predicted octanol–water partition coefficient (Wildman–Crippen LogP) is 2.82. The maximum absolute atomic E-state index is 12.8. The van der Waals surface area contributed by atoms with Gasteiger partial charge in [-0.1, -0.05) is 13.8 Å². The molecule has 1 aliphatic rings. The zero-order valence-electron chi connectivity index (χ0n) is 20.3. The molecule has 2 aromatic heterocycles. The minimum absolute atomic E-state index is 0.0817. The lowest BCUT2D eigenvalue weighted by Crippen LogP contribution is -2.43. The van der Waals surface area contributed by atoms with Gasteiger partial charge in [0.2, 0.25) is 11.8 Å². The number of nitrogens with one attached hydrogen (secondary N) is 1. The number of rotatable bonds is 10. The van der Waals surface area contributed by atoms with E-state index >= 15 is 0 Å². The van der Waals surface area contributed by atoms with Gasteiger partial charge in [0.1, 0.15) is 6.54 Å². The third kappa shape index (κ3) is 7.64. The molecule has 1 saturated heterocycles. The number of amides is 3. The number of ether oxygens (including phenoxy) is 1. The highest BCUT2D eigenvalue weighted by molar-refractivity contribution is 7.13. The number of hydrogen-bond acceptors (Lipinski definition) is 8. The summed E-state index contributed by atoms with van der Waals surface area (Å²) in [6.07, 6.45) is 2.96. The Morgan fingerprint density at radius 1 is 1.34 bits per heavy atom. The largest absolute Gasteiger partial charge is 0.466 e. The Balaban J connectivity index is 1.54. The van der Waals surface area contributed by atoms with Crippen LogP contribution in [0.15, 0.2) is 28.2 Å². The van der Waals surface area contributed by atoms with Gasteiger partial charge in [0.05, 0.1) is 30.9 Å². The fraction of sp³-hybridized carbons (Fsp3) is 0.542.